The number of carbonyl (C=O) groups is 1. The molecule has 1 aromatic rings. The Morgan fingerprint density at radius 2 is 2.12 bits per heavy atom. The van der Waals surface area contributed by atoms with Crippen LogP contribution >= 0.6 is 0 Å². The Kier molecular flexibility index (Phi) is 3.18. The van der Waals surface area contributed by atoms with Crippen LogP contribution in [0.2, 0.25) is 0 Å². The first-order chi connectivity index (χ1) is 8.01. The van der Waals surface area contributed by atoms with Crippen LogP contribution in [0.1, 0.15) is 37.3 Å². The molecular weight excluding hydrogens is 219 g/mol. The highest BCUT2D eigenvalue weighted by Gasteiger charge is 2.40. The zero-order chi connectivity index (χ0) is 12.5. The zero-order valence-corrected chi connectivity index (χ0v) is 9.95. The van der Waals surface area contributed by atoms with Crippen molar-refractivity contribution >= 4 is 5.97 Å². The summed E-state index contributed by atoms with van der Waals surface area (Å²) >= 11 is 0. The van der Waals surface area contributed by atoms with Crippen LogP contribution in [-0.4, -0.2) is 11.1 Å². The minimum atomic E-state index is -1.40. The average Bonchev–Trinajstić information content (AvgIpc) is 2.13. The lowest BCUT2D eigenvalue weighted by atomic mass is 9.71. The van der Waals surface area contributed by atoms with E-state index in [9.17, 15) is 9.18 Å². The Hall–Kier alpha value is -1.38. The van der Waals surface area contributed by atoms with Gasteiger partial charge in [-0.15, -0.1) is 0 Å². The molecule has 1 aromatic carbocycles. The average molecular weight is 236 g/mol. The summed E-state index contributed by atoms with van der Waals surface area (Å²) in [4.78, 5) is 10.8. The Balaban J connectivity index is 2.32. The molecule has 0 bridgehead atoms. The van der Waals surface area contributed by atoms with Gasteiger partial charge in [0.05, 0.1) is 6.42 Å². The van der Waals surface area contributed by atoms with E-state index in [2.05, 4.69) is 0 Å². The maximum Gasteiger partial charge on any atom is 0.307 e. The third kappa shape index (κ3) is 2.33. The van der Waals surface area contributed by atoms with Gasteiger partial charge in [-0.3, -0.25) is 4.79 Å². The Morgan fingerprint density at radius 3 is 2.65 bits per heavy atom. The molecule has 0 radical (unpaired) electrons. The first-order valence-corrected chi connectivity index (χ1v) is 6.01. The van der Waals surface area contributed by atoms with Crippen LogP contribution in [0.25, 0.3) is 0 Å². The molecule has 1 atom stereocenters. The fourth-order valence-corrected chi connectivity index (χ4v) is 2.48. The summed E-state index contributed by atoms with van der Waals surface area (Å²) in [7, 11) is 0. The third-order valence-corrected chi connectivity index (χ3v) is 3.76. The molecule has 1 saturated carbocycles. The zero-order valence-electron chi connectivity index (χ0n) is 9.95. The van der Waals surface area contributed by atoms with Crippen molar-refractivity contribution in [2.24, 2.45) is 5.92 Å². The molecule has 0 amide bonds. The Morgan fingerprint density at radius 1 is 1.47 bits per heavy atom. The van der Waals surface area contributed by atoms with Gasteiger partial charge in [0.1, 0.15) is 5.67 Å². The van der Waals surface area contributed by atoms with E-state index in [1.54, 1.807) is 31.2 Å². The third-order valence-electron chi connectivity index (χ3n) is 3.76. The molecule has 1 fully saturated rings. The summed E-state index contributed by atoms with van der Waals surface area (Å²) in [5, 5.41) is 8.84. The molecule has 3 heteroatoms. The Labute approximate surface area is 100 Å². The molecule has 0 saturated heterocycles. The number of benzene rings is 1. The molecule has 0 spiro atoms. The van der Waals surface area contributed by atoms with Crippen molar-refractivity contribution in [2.75, 3.05) is 0 Å². The first kappa shape index (κ1) is 12.1. The fraction of sp³-hybridized carbons (Fsp3) is 0.500. The highest BCUT2D eigenvalue weighted by Crippen LogP contribution is 2.46. The van der Waals surface area contributed by atoms with Crippen LogP contribution in [0.3, 0.4) is 0 Å². The van der Waals surface area contributed by atoms with Crippen molar-refractivity contribution in [3.05, 3.63) is 35.4 Å². The smallest absolute Gasteiger partial charge is 0.307 e. The molecule has 0 aromatic heterocycles. The van der Waals surface area contributed by atoms with Crippen molar-refractivity contribution < 1.29 is 14.3 Å². The van der Waals surface area contributed by atoms with Gasteiger partial charge >= 0.3 is 5.97 Å². The van der Waals surface area contributed by atoms with Crippen molar-refractivity contribution in [1.82, 2.24) is 0 Å². The highest BCUT2D eigenvalue weighted by molar-refractivity contribution is 5.71. The molecular formula is C14H17FO2. The van der Waals surface area contributed by atoms with E-state index in [1.807, 2.05) is 0 Å². The van der Waals surface area contributed by atoms with Crippen LogP contribution in [0, 0.1) is 5.92 Å². The predicted octanol–water partition coefficient (Wildman–Crippen LogP) is 3.30. The molecule has 1 unspecified atom stereocenters. The minimum Gasteiger partial charge on any atom is -0.481 e. The van der Waals surface area contributed by atoms with Gasteiger partial charge in [0.15, 0.2) is 0 Å². The van der Waals surface area contributed by atoms with Crippen molar-refractivity contribution in [3.63, 3.8) is 0 Å². The van der Waals surface area contributed by atoms with Gasteiger partial charge < -0.3 is 5.11 Å². The van der Waals surface area contributed by atoms with Gasteiger partial charge in [0.25, 0.3) is 0 Å². The number of alkyl halides is 1. The number of carboxylic acid groups (broad SMARTS) is 1. The topological polar surface area (TPSA) is 37.3 Å². The molecule has 1 aliphatic carbocycles. The van der Waals surface area contributed by atoms with E-state index in [0.717, 1.165) is 19.3 Å². The van der Waals surface area contributed by atoms with Gasteiger partial charge in [-0.2, -0.15) is 0 Å². The second kappa shape index (κ2) is 4.47. The first-order valence-electron chi connectivity index (χ1n) is 6.01. The molecule has 0 heterocycles. The highest BCUT2D eigenvalue weighted by atomic mass is 19.1. The van der Waals surface area contributed by atoms with E-state index in [1.165, 1.54) is 0 Å². The van der Waals surface area contributed by atoms with Gasteiger partial charge in [0, 0.05) is 0 Å². The molecule has 1 aliphatic rings. The molecule has 17 heavy (non-hydrogen) atoms. The second-order valence-electron chi connectivity index (χ2n) is 4.93. The minimum absolute atomic E-state index is 0.0393. The van der Waals surface area contributed by atoms with Crippen LogP contribution in [0.15, 0.2) is 24.3 Å². The number of aliphatic carboxylic acids is 1. The van der Waals surface area contributed by atoms with Crippen molar-refractivity contribution in [2.45, 2.75) is 38.3 Å². The van der Waals surface area contributed by atoms with Gasteiger partial charge in [-0.25, -0.2) is 4.39 Å². The van der Waals surface area contributed by atoms with E-state index >= 15 is 0 Å². The number of hydrogen-bond acceptors (Lipinski definition) is 1. The second-order valence-corrected chi connectivity index (χ2v) is 4.93. The molecule has 0 aliphatic heterocycles. The number of rotatable bonds is 4. The van der Waals surface area contributed by atoms with Gasteiger partial charge in [-0.05, 0) is 36.8 Å². The fourth-order valence-electron chi connectivity index (χ4n) is 2.48. The largest absolute Gasteiger partial charge is 0.481 e. The van der Waals surface area contributed by atoms with Crippen molar-refractivity contribution in [3.8, 4) is 0 Å². The van der Waals surface area contributed by atoms with E-state index < -0.39 is 11.6 Å². The van der Waals surface area contributed by atoms with Crippen LogP contribution in [0.4, 0.5) is 4.39 Å². The number of hydrogen-bond donors (Lipinski definition) is 1. The van der Waals surface area contributed by atoms with Crippen molar-refractivity contribution in [1.29, 1.82) is 0 Å². The summed E-state index contributed by atoms with van der Waals surface area (Å²) < 4.78 is 14.8. The van der Waals surface area contributed by atoms with Gasteiger partial charge in [-0.1, -0.05) is 30.7 Å². The monoisotopic (exact) mass is 236 g/mol. The standard InChI is InChI=1S/C14H17FO2/c1-14(15,11-6-4-7-11)12-8-3-2-5-10(12)9-13(16)17/h2-3,5,8,11H,4,6-7,9H2,1H3,(H,16,17). The quantitative estimate of drug-likeness (QED) is 0.870. The van der Waals surface area contributed by atoms with Crippen LogP contribution in [0.5, 0.6) is 0 Å². The van der Waals surface area contributed by atoms with Gasteiger partial charge in [0.2, 0.25) is 0 Å². The van der Waals surface area contributed by atoms with E-state index in [0.29, 0.717) is 11.1 Å². The lowest BCUT2D eigenvalue weighted by molar-refractivity contribution is -0.136. The Bertz CT molecular complexity index is 422. The summed E-state index contributed by atoms with van der Waals surface area (Å²) in [6.45, 7) is 1.58. The normalized spacial score (nSPS) is 19.4. The summed E-state index contributed by atoms with van der Waals surface area (Å²) in [6.07, 6.45) is 2.76. The maximum atomic E-state index is 14.8. The van der Waals surface area contributed by atoms with Crippen LogP contribution in [-0.2, 0) is 16.9 Å². The predicted molar refractivity (Wildman–Crippen MR) is 63.6 cm³/mol. The van der Waals surface area contributed by atoms with E-state index in [4.69, 9.17) is 5.11 Å². The molecule has 92 valence electrons. The molecule has 2 rings (SSSR count). The number of halogens is 1. The number of carboxylic acids is 1. The summed E-state index contributed by atoms with van der Waals surface area (Å²) in [6, 6.07) is 6.96. The summed E-state index contributed by atoms with van der Waals surface area (Å²) in [5.41, 5.74) is -0.256. The molecule has 1 N–H and O–H groups in total. The lowest BCUT2D eigenvalue weighted by Crippen LogP contribution is -2.33. The SMILES string of the molecule is CC(F)(c1ccccc1CC(=O)O)C1CCC1. The maximum absolute atomic E-state index is 14.8. The lowest BCUT2D eigenvalue weighted by Gasteiger charge is -2.38. The molecule has 2 nitrogen and oxygen atoms in total. The van der Waals surface area contributed by atoms with Crippen LogP contribution < -0.4 is 0 Å². The summed E-state index contributed by atoms with van der Waals surface area (Å²) in [5.74, 6) is -0.876. The van der Waals surface area contributed by atoms with E-state index in [-0.39, 0.29) is 12.3 Å².